The summed E-state index contributed by atoms with van der Waals surface area (Å²) >= 11 is 0. The van der Waals surface area contributed by atoms with Gasteiger partial charge >= 0.3 is 5.76 Å². The van der Waals surface area contributed by atoms with Crippen LogP contribution in [-0.4, -0.2) is 67.5 Å². The molecule has 33 heavy (non-hydrogen) atoms. The van der Waals surface area contributed by atoms with E-state index in [1.54, 1.807) is 35.2 Å². The van der Waals surface area contributed by atoms with Crippen LogP contribution >= 0.6 is 0 Å². The van der Waals surface area contributed by atoms with Crippen molar-refractivity contribution in [3.8, 4) is 11.5 Å². The molecule has 10 nitrogen and oxygen atoms in total. The number of oxazole rings is 1. The van der Waals surface area contributed by atoms with Gasteiger partial charge in [-0.15, -0.1) is 0 Å². The molecule has 0 radical (unpaired) electrons. The first kappa shape index (κ1) is 21.5. The van der Waals surface area contributed by atoms with E-state index in [4.69, 9.17) is 13.9 Å². The summed E-state index contributed by atoms with van der Waals surface area (Å²) in [4.78, 5) is 26.6. The number of rotatable bonds is 5. The maximum absolute atomic E-state index is 13.1. The molecule has 0 aliphatic carbocycles. The van der Waals surface area contributed by atoms with Gasteiger partial charge < -0.3 is 18.8 Å². The van der Waals surface area contributed by atoms with Crippen molar-refractivity contribution < 1.29 is 27.1 Å². The minimum Gasteiger partial charge on any atom is -0.486 e. The zero-order chi connectivity index (χ0) is 23.0. The van der Waals surface area contributed by atoms with Crippen LogP contribution in [0.25, 0.3) is 11.1 Å². The summed E-state index contributed by atoms with van der Waals surface area (Å²) in [5, 5.41) is 0. The van der Waals surface area contributed by atoms with Crippen LogP contribution in [0.15, 0.2) is 56.6 Å². The van der Waals surface area contributed by atoms with Crippen molar-refractivity contribution in [1.29, 1.82) is 0 Å². The zero-order valence-corrected chi connectivity index (χ0v) is 18.6. The number of hydrogen-bond acceptors (Lipinski definition) is 7. The Morgan fingerprint density at radius 3 is 2.45 bits per heavy atom. The zero-order valence-electron chi connectivity index (χ0n) is 17.8. The van der Waals surface area contributed by atoms with Gasteiger partial charge in [-0.3, -0.25) is 9.36 Å². The van der Waals surface area contributed by atoms with Gasteiger partial charge in [0.05, 0.1) is 10.4 Å². The minimum absolute atomic E-state index is 0.123. The SMILES string of the molecule is O=C(CCn1c(=O)oc2ccccc21)N1CCN(S(=O)(=O)c2ccc3c(c2)OCCO3)CC1. The summed E-state index contributed by atoms with van der Waals surface area (Å²) in [5.41, 5.74) is 1.12. The molecule has 2 aromatic carbocycles. The molecule has 0 atom stereocenters. The molecule has 1 amide bonds. The Balaban J connectivity index is 1.21. The summed E-state index contributed by atoms with van der Waals surface area (Å²) in [5.74, 6) is 0.307. The molecule has 3 aromatic rings. The number of piperazine rings is 1. The molecule has 0 saturated carbocycles. The number of hydrogen-bond donors (Lipinski definition) is 0. The van der Waals surface area contributed by atoms with Crippen LogP contribution in [0.2, 0.25) is 0 Å². The molecule has 1 saturated heterocycles. The maximum Gasteiger partial charge on any atom is 0.419 e. The highest BCUT2D eigenvalue weighted by Crippen LogP contribution is 2.33. The number of carbonyl (C=O) groups excluding carboxylic acids is 1. The van der Waals surface area contributed by atoms with E-state index in [0.29, 0.717) is 35.8 Å². The van der Waals surface area contributed by atoms with Crippen LogP contribution in [-0.2, 0) is 21.4 Å². The minimum atomic E-state index is -3.72. The largest absolute Gasteiger partial charge is 0.486 e. The molecule has 1 fully saturated rings. The first-order chi connectivity index (χ1) is 15.9. The fourth-order valence-electron chi connectivity index (χ4n) is 4.10. The van der Waals surface area contributed by atoms with Gasteiger partial charge in [0.2, 0.25) is 15.9 Å². The molecule has 11 heteroatoms. The Bertz CT molecular complexity index is 1350. The Labute approximate surface area is 189 Å². The van der Waals surface area contributed by atoms with Crippen molar-refractivity contribution in [2.24, 2.45) is 0 Å². The van der Waals surface area contributed by atoms with Gasteiger partial charge in [0, 0.05) is 45.2 Å². The van der Waals surface area contributed by atoms with Gasteiger partial charge in [0.15, 0.2) is 17.1 Å². The highest BCUT2D eigenvalue weighted by Gasteiger charge is 2.31. The topological polar surface area (TPSA) is 111 Å². The first-order valence-corrected chi connectivity index (χ1v) is 12.1. The molecule has 174 valence electrons. The molecule has 0 bridgehead atoms. The third-order valence-corrected chi connectivity index (χ3v) is 7.76. The fraction of sp³-hybridized carbons (Fsp3) is 0.364. The second-order valence-electron chi connectivity index (χ2n) is 7.83. The van der Waals surface area contributed by atoms with E-state index in [9.17, 15) is 18.0 Å². The Hall–Kier alpha value is -3.31. The van der Waals surface area contributed by atoms with E-state index in [2.05, 4.69) is 0 Å². The number of nitrogens with zero attached hydrogens (tertiary/aromatic N) is 3. The molecular weight excluding hydrogens is 450 g/mol. The summed E-state index contributed by atoms with van der Waals surface area (Å²) in [6.07, 6.45) is 0.123. The normalized spacial score (nSPS) is 16.8. The van der Waals surface area contributed by atoms with Gasteiger partial charge in [0.1, 0.15) is 13.2 Å². The summed E-state index contributed by atoms with van der Waals surface area (Å²) in [6, 6.07) is 11.6. The summed E-state index contributed by atoms with van der Waals surface area (Å²) in [7, 11) is -3.72. The molecular formula is C22H23N3O7S. The monoisotopic (exact) mass is 473 g/mol. The van der Waals surface area contributed by atoms with E-state index in [1.165, 1.54) is 21.0 Å². The van der Waals surface area contributed by atoms with E-state index in [-0.39, 0.29) is 49.9 Å². The molecule has 0 unspecified atom stereocenters. The van der Waals surface area contributed by atoms with Crippen LogP contribution in [0.4, 0.5) is 0 Å². The van der Waals surface area contributed by atoms with Crippen molar-refractivity contribution in [3.05, 3.63) is 53.0 Å². The molecule has 2 aliphatic rings. The van der Waals surface area contributed by atoms with Gasteiger partial charge in [0.25, 0.3) is 0 Å². The number of sulfonamides is 1. The predicted octanol–water partition coefficient (Wildman–Crippen LogP) is 1.29. The third-order valence-electron chi connectivity index (χ3n) is 5.87. The molecule has 2 aliphatic heterocycles. The average molecular weight is 474 g/mol. The standard InChI is InChI=1S/C22H23N3O7S/c26-21(7-8-25-17-3-1-2-4-18(17)32-22(25)27)23-9-11-24(12-10-23)33(28,29)16-5-6-19-20(15-16)31-14-13-30-19/h1-6,15H,7-14H2. The number of para-hydroxylation sites is 2. The van der Waals surface area contributed by atoms with E-state index in [0.717, 1.165) is 0 Å². The molecule has 1 aromatic heterocycles. The lowest BCUT2D eigenvalue weighted by Gasteiger charge is -2.34. The molecule has 0 N–H and O–H groups in total. The highest BCUT2D eigenvalue weighted by molar-refractivity contribution is 7.89. The van der Waals surface area contributed by atoms with Crippen LogP contribution in [0, 0.1) is 0 Å². The smallest absolute Gasteiger partial charge is 0.419 e. The number of ether oxygens (including phenoxy) is 2. The average Bonchev–Trinajstić information content (AvgIpc) is 3.17. The Morgan fingerprint density at radius 2 is 1.67 bits per heavy atom. The lowest BCUT2D eigenvalue weighted by atomic mass is 10.3. The van der Waals surface area contributed by atoms with Gasteiger partial charge in [-0.05, 0) is 24.3 Å². The van der Waals surface area contributed by atoms with Crippen molar-refractivity contribution >= 4 is 27.0 Å². The third kappa shape index (κ3) is 4.09. The molecule has 5 rings (SSSR count). The molecule has 0 spiro atoms. The van der Waals surface area contributed by atoms with Crippen LogP contribution in [0.1, 0.15) is 6.42 Å². The number of fused-ring (bicyclic) bond motifs is 2. The van der Waals surface area contributed by atoms with Crippen LogP contribution < -0.4 is 15.2 Å². The summed E-state index contributed by atoms with van der Waals surface area (Å²) < 4.78 is 45.1. The fourth-order valence-corrected chi connectivity index (χ4v) is 5.54. The quantitative estimate of drug-likeness (QED) is 0.549. The lowest BCUT2D eigenvalue weighted by molar-refractivity contribution is -0.132. The van der Waals surface area contributed by atoms with Gasteiger partial charge in [-0.25, -0.2) is 13.2 Å². The predicted molar refractivity (Wildman–Crippen MR) is 118 cm³/mol. The van der Waals surface area contributed by atoms with Crippen molar-refractivity contribution in [2.45, 2.75) is 17.9 Å². The van der Waals surface area contributed by atoms with Crippen molar-refractivity contribution in [3.63, 3.8) is 0 Å². The van der Waals surface area contributed by atoms with Gasteiger partial charge in [-0.1, -0.05) is 12.1 Å². The maximum atomic E-state index is 13.1. The number of aryl methyl sites for hydroxylation is 1. The Morgan fingerprint density at radius 1 is 0.939 bits per heavy atom. The number of amides is 1. The molecule has 3 heterocycles. The van der Waals surface area contributed by atoms with E-state index in [1.807, 2.05) is 0 Å². The Kier molecular flexibility index (Phi) is 5.59. The second-order valence-corrected chi connectivity index (χ2v) is 9.77. The van der Waals surface area contributed by atoms with E-state index < -0.39 is 15.8 Å². The number of carbonyl (C=O) groups is 1. The second kappa shape index (κ2) is 8.56. The van der Waals surface area contributed by atoms with Crippen molar-refractivity contribution in [2.75, 3.05) is 39.4 Å². The first-order valence-electron chi connectivity index (χ1n) is 10.7. The van der Waals surface area contributed by atoms with Crippen LogP contribution in [0.5, 0.6) is 11.5 Å². The van der Waals surface area contributed by atoms with Crippen molar-refractivity contribution in [1.82, 2.24) is 13.8 Å². The number of aromatic nitrogens is 1. The summed E-state index contributed by atoms with van der Waals surface area (Å²) in [6.45, 7) is 1.95. The van der Waals surface area contributed by atoms with Crippen LogP contribution in [0.3, 0.4) is 0 Å². The van der Waals surface area contributed by atoms with Gasteiger partial charge in [-0.2, -0.15) is 4.31 Å². The van der Waals surface area contributed by atoms with E-state index >= 15 is 0 Å². The highest BCUT2D eigenvalue weighted by atomic mass is 32.2. The lowest BCUT2D eigenvalue weighted by Crippen LogP contribution is -2.50. The number of benzene rings is 2.